The number of ether oxygens (including phenoxy) is 1. The van der Waals surface area contributed by atoms with Crippen molar-refractivity contribution >= 4 is 22.6 Å². The number of hydrogen-bond donors (Lipinski definition) is 0. The molecule has 0 bridgehead atoms. The molecule has 4 rings (SSSR count). The van der Waals surface area contributed by atoms with E-state index in [1.165, 1.54) is 12.8 Å². The van der Waals surface area contributed by atoms with Crippen LogP contribution in [0.15, 0.2) is 0 Å². The minimum Gasteiger partial charge on any atom is -0.381 e. The zero-order chi connectivity index (χ0) is 16.5. The van der Waals surface area contributed by atoms with Crippen molar-refractivity contribution in [2.24, 2.45) is 11.8 Å². The molecule has 3 aliphatic rings. The predicted octanol–water partition coefficient (Wildman–Crippen LogP) is 2.13. The van der Waals surface area contributed by atoms with Crippen LogP contribution in [0.2, 0.25) is 0 Å². The molecular weight excluding hydrogens is 324 g/mol. The first-order chi connectivity index (χ1) is 11.7. The second-order valence-electron chi connectivity index (χ2n) is 7.42. The summed E-state index contributed by atoms with van der Waals surface area (Å²) in [6.45, 7) is 4.25. The molecule has 7 heteroatoms. The number of nitrogens with zero attached hydrogens (tertiary/aromatic N) is 4. The molecule has 1 aliphatic carbocycles. The molecule has 1 aromatic heterocycles. The minimum absolute atomic E-state index is 0.0809. The van der Waals surface area contributed by atoms with Gasteiger partial charge in [-0.1, -0.05) is 0 Å². The largest absolute Gasteiger partial charge is 0.381 e. The maximum atomic E-state index is 12.4. The number of carbonyl (C=O) groups is 1. The van der Waals surface area contributed by atoms with Crippen molar-refractivity contribution in [1.29, 1.82) is 0 Å². The lowest BCUT2D eigenvalue weighted by molar-refractivity contribution is -0.134. The summed E-state index contributed by atoms with van der Waals surface area (Å²) in [4.78, 5) is 21.4. The Balaban J connectivity index is 1.25. The Bertz CT molecular complexity index is 575. The zero-order valence-electron chi connectivity index (χ0n) is 14.3. The first-order valence-electron chi connectivity index (χ1n) is 9.12. The average molecular weight is 350 g/mol. The molecule has 24 heavy (non-hydrogen) atoms. The molecule has 0 N–H and O–H groups in total. The van der Waals surface area contributed by atoms with Gasteiger partial charge in [0.15, 0.2) is 0 Å². The van der Waals surface area contributed by atoms with E-state index in [0.717, 1.165) is 56.5 Å². The van der Waals surface area contributed by atoms with E-state index in [1.54, 1.807) is 11.5 Å². The lowest BCUT2D eigenvalue weighted by atomic mass is 9.96. The van der Waals surface area contributed by atoms with Crippen molar-refractivity contribution in [2.75, 3.05) is 44.8 Å². The molecule has 3 heterocycles. The quantitative estimate of drug-likeness (QED) is 0.814. The third-order valence-electron chi connectivity index (χ3n) is 5.45. The van der Waals surface area contributed by atoms with Gasteiger partial charge in [-0.25, -0.2) is 4.98 Å². The van der Waals surface area contributed by atoms with Crippen LogP contribution in [0.3, 0.4) is 0 Å². The molecular formula is C17H26N4O2S. The predicted molar refractivity (Wildman–Crippen MR) is 93.4 cm³/mol. The fraction of sp³-hybridized carbons (Fsp3) is 0.824. The highest BCUT2D eigenvalue weighted by Gasteiger charge is 2.31. The maximum absolute atomic E-state index is 12.4. The van der Waals surface area contributed by atoms with Crippen molar-refractivity contribution in [2.45, 2.75) is 38.0 Å². The minimum atomic E-state index is 0.0809. The van der Waals surface area contributed by atoms with Crippen molar-refractivity contribution in [1.82, 2.24) is 14.3 Å². The normalized spacial score (nSPS) is 25.2. The van der Waals surface area contributed by atoms with Crippen molar-refractivity contribution in [3.8, 4) is 0 Å². The fourth-order valence-corrected chi connectivity index (χ4v) is 4.48. The summed E-state index contributed by atoms with van der Waals surface area (Å²) in [5, 5.41) is 1.09. The van der Waals surface area contributed by atoms with Crippen LogP contribution in [0.4, 0.5) is 5.13 Å². The smallest absolute Gasteiger partial charge is 0.227 e. The van der Waals surface area contributed by atoms with Crippen molar-refractivity contribution in [3.63, 3.8) is 0 Å². The molecule has 1 saturated carbocycles. The van der Waals surface area contributed by atoms with Crippen LogP contribution in [0.1, 0.15) is 43.8 Å². The molecule has 132 valence electrons. The second-order valence-corrected chi connectivity index (χ2v) is 8.15. The van der Waals surface area contributed by atoms with E-state index in [-0.39, 0.29) is 11.8 Å². The van der Waals surface area contributed by atoms with Gasteiger partial charge in [0.1, 0.15) is 5.82 Å². The molecule has 3 fully saturated rings. The molecule has 1 aromatic rings. The van der Waals surface area contributed by atoms with Gasteiger partial charge in [-0.2, -0.15) is 4.37 Å². The Morgan fingerprint density at radius 2 is 2.08 bits per heavy atom. The fourth-order valence-electron chi connectivity index (χ4n) is 3.69. The van der Waals surface area contributed by atoms with Gasteiger partial charge in [0, 0.05) is 50.7 Å². The second kappa shape index (κ2) is 6.96. The number of aromatic nitrogens is 2. The van der Waals surface area contributed by atoms with E-state index in [0.29, 0.717) is 18.4 Å². The monoisotopic (exact) mass is 350 g/mol. The van der Waals surface area contributed by atoms with E-state index in [1.807, 2.05) is 11.9 Å². The number of rotatable bonds is 5. The van der Waals surface area contributed by atoms with Gasteiger partial charge in [-0.05, 0) is 38.0 Å². The maximum Gasteiger partial charge on any atom is 0.227 e. The molecule has 0 aromatic carbocycles. The highest BCUT2D eigenvalue weighted by Crippen LogP contribution is 2.40. The summed E-state index contributed by atoms with van der Waals surface area (Å²) in [5.41, 5.74) is 0. The van der Waals surface area contributed by atoms with Crippen LogP contribution in [0.25, 0.3) is 0 Å². The Labute approximate surface area is 147 Å². The Hall–Kier alpha value is -1.21. The van der Waals surface area contributed by atoms with Crippen LogP contribution >= 0.6 is 11.5 Å². The van der Waals surface area contributed by atoms with Crippen molar-refractivity contribution in [3.05, 3.63) is 5.82 Å². The number of carbonyl (C=O) groups excluding carboxylic acids is 1. The Morgan fingerprint density at radius 3 is 2.75 bits per heavy atom. The number of anilines is 1. The standard InChI is InChI=1S/C17H26N4O2S/c1-20(16(22)14-6-9-23-11-14)10-12-4-7-21(8-5-12)17-18-15(19-24-17)13-2-3-13/h12-14H,2-11H2,1H3. The van der Waals surface area contributed by atoms with Gasteiger partial charge >= 0.3 is 0 Å². The first-order valence-corrected chi connectivity index (χ1v) is 9.89. The molecule has 1 unspecified atom stereocenters. The van der Waals surface area contributed by atoms with Gasteiger partial charge in [0.2, 0.25) is 11.0 Å². The summed E-state index contributed by atoms with van der Waals surface area (Å²) in [6, 6.07) is 0. The first kappa shape index (κ1) is 16.3. The van der Waals surface area contributed by atoms with E-state index in [2.05, 4.69) is 9.27 Å². The van der Waals surface area contributed by atoms with Crippen molar-refractivity contribution < 1.29 is 9.53 Å². The molecule has 2 aliphatic heterocycles. The topological polar surface area (TPSA) is 58.6 Å². The number of piperidine rings is 1. The molecule has 1 atom stereocenters. The van der Waals surface area contributed by atoms with E-state index in [9.17, 15) is 4.79 Å². The van der Waals surface area contributed by atoms with Crippen LogP contribution in [-0.2, 0) is 9.53 Å². The van der Waals surface area contributed by atoms with E-state index < -0.39 is 0 Å². The highest BCUT2D eigenvalue weighted by molar-refractivity contribution is 7.09. The molecule has 1 amide bonds. The molecule has 0 spiro atoms. The van der Waals surface area contributed by atoms with E-state index in [4.69, 9.17) is 9.72 Å². The molecule has 0 radical (unpaired) electrons. The summed E-state index contributed by atoms with van der Waals surface area (Å²) in [6.07, 6.45) is 5.63. The number of hydrogen-bond acceptors (Lipinski definition) is 6. The Morgan fingerprint density at radius 1 is 1.29 bits per heavy atom. The third kappa shape index (κ3) is 3.57. The summed E-state index contributed by atoms with van der Waals surface area (Å²) in [7, 11) is 1.94. The van der Waals surface area contributed by atoms with E-state index >= 15 is 0 Å². The van der Waals surface area contributed by atoms with Crippen LogP contribution in [0, 0.1) is 11.8 Å². The SMILES string of the molecule is CN(CC1CCN(c2nc(C3CC3)ns2)CC1)C(=O)C1CCOC1. The van der Waals surface area contributed by atoms with Crippen LogP contribution in [0.5, 0.6) is 0 Å². The lowest BCUT2D eigenvalue weighted by Gasteiger charge is -2.34. The molecule has 6 nitrogen and oxygen atoms in total. The van der Waals surface area contributed by atoms with Gasteiger partial charge in [0.05, 0.1) is 12.5 Å². The Kier molecular flexibility index (Phi) is 4.72. The summed E-state index contributed by atoms with van der Waals surface area (Å²) in [5.74, 6) is 2.62. The van der Waals surface area contributed by atoms with Crippen LogP contribution in [-0.4, -0.2) is 60.1 Å². The highest BCUT2D eigenvalue weighted by atomic mass is 32.1. The van der Waals surface area contributed by atoms with Crippen LogP contribution < -0.4 is 4.90 Å². The third-order valence-corrected chi connectivity index (χ3v) is 6.24. The van der Waals surface area contributed by atoms with Gasteiger partial charge in [-0.3, -0.25) is 4.79 Å². The zero-order valence-corrected chi connectivity index (χ0v) is 15.1. The van der Waals surface area contributed by atoms with Gasteiger partial charge in [-0.15, -0.1) is 0 Å². The van der Waals surface area contributed by atoms with Gasteiger partial charge in [0.25, 0.3) is 0 Å². The number of amides is 1. The molecule has 2 saturated heterocycles. The average Bonchev–Trinajstić information content (AvgIpc) is 3.12. The summed E-state index contributed by atoms with van der Waals surface area (Å²) >= 11 is 1.55. The lowest BCUT2D eigenvalue weighted by Crippen LogP contribution is -2.41. The van der Waals surface area contributed by atoms with Gasteiger partial charge < -0.3 is 14.5 Å². The summed E-state index contributed by atoms with van der Waals surface area (Å²) < 4.78 is 9.85.